The Labute approximate surface area is 76.3 Å². The maximum atomic E-state index is 4.95. The molecule has 3 heteroatoms. The van der Waals surface area contributed by atoms with Crippen LogP contribution < -0.4 is 0 Å². The minimum atomic E-state index is 1.04. The summed E-state index contributed by atoms with van der Waals surface area (Å²) in [4.78, 5) is 3.95. The van der Waals surface area contributed by atoms with Crippen LogP contribution in [-0.4, -0.2) is 4.98 Å². The fourth-order valence-electron chi connectivity index (χ4n) is 0.716. The molecule has 0 radical (unpaired) electrons. The molecule has 12 heavy (non-hydrogen) atoms. The number of hydrogen-bond acceptors (Lipinski definition) is 2. The highest BCUT2D eigenvalue weighted by Crippen LogP contribution is 1.98. The van der Waals surface area contributed by atoms with Gasteiger partial charge < -0.3 is 4.29 Å². The smallest absolute Gasteiger partial charge is 0.134 e. The lowest BCUT2D eigenvalue weighted by Gasteiger charge is -1.87. The Hall–Kier alpha value is -1.28. The van der Waals surface area contributed by atoms with E-state index in [4.69, 9.17) is 11.9 Å². The predicted molar refractivity (Wildman–Crippen MR) is 49.3 cm³/mol. The topological polar surface area (TPSA) is 22.1 Å². The molecule has 0 aliphatic heterocycles. The van der Waals surface area contributed by atoms with Gasteiger partial charge in [0.05, 0.1) is 0 Å². The van der Waals surface area contributed by atoms with Gasteiger partial charge in [-0.1, -0.05) is 18.2 Å². The number of hydrogen-bond donors (Lipinski definition) is 0. The first-order valence-electron chi connectivity index (χ1n) is 3.44. The van der Waals surface area contributed by atoms with Gasteiger partial charge >= 0.3 is 0 Å². The fraction of sp³-hybridized carbons (Fsp3) is 0. The summed E-state index contributed by atoms with van der Waals surface area (Å²) in [5.41, 5.74) is 1.04. The summed E-state index contributed by atoms with van der Waals surface area (Å²) in [6.07, 6.45) is 10.3. The molecule has 0 aliphatic rings. The molecule has 1 aromatic rings. The Morgan fingerprint density at radius 2 is 2.33 bits per heavy atom. The van der Waals surface area contributed by atoms with Gasteiger partial charge in [-0.15, -0.1) is 0 Å². The zero-order valence-corrected chi connectivity index (χ0v) is 7.11. The van der Waals surface area contributed by atoms with Gasteiger partial charge in [0, 0.05) is 12.4 Å². The Bertz CT molecular complexity index is 269. The van der Waals surface area contributed by atoms with E-state index in [2.05, 4.69) is 9.27 Å². The Balaban J connectivity index is 2.52. The van der Waals surface area contributed by atoms with Crippen molar-refractivity contribution in [2.24, 2.45) is 0 Å². The van der Waals surface area contributed by atoms with Crippen LogP contribution >= 0.6 is 11.9 Å². The Kier molecular flexibility index (Phi) is 3.95. The normalized spacial score (nSPS) is 11.1. The minimum absolute atomic E-state index is 1.04. The molecule has 1 aromatic heterocycles. The van der Waals surface area contributed by atoms with E-state index < -0.39 is 0 Å². The van der Waals surface area contributed by atoms with Crippen LogP contribution in [0.4, 0.5) is 0 Å². The second-order valence-electron chi connectivity index (χ2n) is 2.06. The molecule has 0 saturated carbocycles. The molecule has 0 fully saturated rings. The van der Waals surface area contributed by atoms with Gasteiger partial charge in [-0.25, -0.2) is 0 Å². The summed E-state index contributed by atoms with van der Waals surface area (Å²) in [5, 5.41) is 0. The van der Waals surface area contributed by atoms with Crippen LogP contribution in [0.15, 0.2) is 42.9 Å². The summed E-state index contributed by atoms with van der Waals surface area (Å²) in [6.45, 7) is 0. The average Bonchev–Trinajstić information content (AvgIpc) is 2.14. The first kappa shape index (κ1) is 8.81. The zero-order chi connectivity index (χ0) is 8.65. The van der Waals surface area contributed by atoms with Gasteiger partial charge in [0.2, 0.25) is 0 Å². The molecule has 62 valence electrons. The van der Waals surface area contributed by atoms with Crippen molar-refractivity contribution in [1.82, 2.24) is 4.98 Å². The molecule has 2 nitrogen and oxygen atoms in total. The van der Waals surface area contributed by atoms with Crippen LogP contribution in [0, 0.1) is 0 Å². The van der Waals surface area contributed by atoms with Crippen molar-refractivity contribution in [3.8, 4) is 0 Å². The molecule has 1 heterocycles. The molecule has 0 saturated heterocycles. The summed E-state index contributed by atoms with van der Waals surface area (Å²) in [7, 11) is 0. The number of rotatable bonds is 3. The van der Waals surface area contributed by atoms with E-state index in [-0.39, 0.29) is 0 Å². The van der Waals surface area contributed by atoms with Gasteiger partial charge in [0.1, 0.15) is 18.1 Å². The van der Waals surface area contributed by atoms with Crippen LogP contribution in [-0.2, 0) is 4.29 Å². The molecule has 1 rings (SSSR count). The van der Waals surface area contributed by atoms with Crippen molar-refractivity contribution in [2.75, 3.05) is 0 Å². The Morgan fingerprint density at radius 3 is 3.00 bits per heavy atom. The van der Waals surface area contributed by atoms with E-state index in [0.29, 0.717) is 0 Å². The minimum Gasteiger partial charge on any atom is -0.394 e. The molecular weight excluding hydrogens is 174 g/mol. The van der Waals surface area contributed by atoms with Gasteiger partial charge in [-0.2, -0.15) is 0 Å². The molecule has 0 unspecified atom stereocenters. The van der Waals surface area contributed by atoms with Crippen molar-refractivity contribution in [3.05, 3.63) is 48.5 Å². The van der Waals surface area contributed by atoms with Gasteiger partial charge in [0.15, 0.2) is 0 Å². The third-order valence-electron chi connectivity index (χ3n) is 1.21. The van der Waals surface area contributed by atoms with Crippen molar-refractivity contribution in [3.63, 3.8) is 0 Å². The average molecular weight is 182 g/mol. The number of aromatic nitrogens is 1. The standard InChI is InChI=1S/C9H8ClNO/c10-12-7-2-1-4-9-5-3-6-11-8-9/h1-8H/b4-1-,7-2+. The van der Waals surface area contributed by atoms with Crippen LogP contribution in [0.25, 0.3) is 6.08 Å². The summed E-state index contributed by atoms with van der Waals surface area (Å²) in [5.74, 6) is 0. The SMILES string of the molecule is ClO/C=C/C=C\c1cccnc1. The van der Waals surface area contributed by atoms with Crippen LogP contribution in [0.5, 0.6) is 0 Å². The number of halogens is 1. The lowest BCUT2D eigenvalue weighted by atomic mass is 10.2. The highest BCUT2D eigenvalue weighted by atomic mass is 35.5. The van der Waals surface area contributed by atoms with Gasteiger partial charge in [0.25, 0.3) is 0 Å². The van der Waals surface area contributed by atoms with E-state index in [0.717, 1.165) is 5.56 Å². The molecule has 0 spiro atoms. The van der Waals surface area contributed by atoms with E-state index in [1.165, 1.54) is 6.26 Å². The Morgan fingerprint density at radius 1 is 1.42 bits per heavy atom. The largest absolute Gasteiger partial charge is 0.394 e. The number of pyridine rings is 1. The first-order chi connectivity index (χ1) is 5.93. The fourth-order valence-corrected chi connectivity index (χ4v) is 0.776. The molecule has 0 aliphatic carbocycles. The summed E-state index contributed by atoms with van der Waals surface area (Å²) < 4.78 is 4.20. The number of allylic oxidation sites excluding steroid dienone is 2. The lowest BCUT2D eigenvalue weighted by molar-refractivity contribution is 0.538. The second-order valence-corrected chi connectivity index (χ2v) is 2.24. The lowest BCUT2D eigenvalue weighted by Crippen LogP contribution is -1.71. The van der Waals surface area contributed by atoms with Gasteiger partial charge in [-0.3, -0.25) is 4.98 Å². The third-order valence-corrected chi connectivity index (χ3v) is 1.32. The highest BCUT2D eigenvalue weighted by Gasteiger charge is 1.80. The van der Waals surface area contributed by atoms with Crippen molar-refractivity contribution in [2.45, 2.75) is 0 Å². The van der Waals surface area contributed by atoms with E-state index in [1.807, 2.05) is 24.3 Å². The van der Waals surface area contributed by atoms with Crippen LogP contribution in [0.2, 0.25) is 0 Å². The van der Waals surface area contributed by atoms with E-state index >= 15 is 0 Å². The van der Waals surface area contributed by atoms with Crippen molar-refractivity contribution in [1.29, 1.82) is 0 Å². The zero-order valence-electron chi connectivity index (χ0n) is 6.35. The number of nitrogens with zero attached hydrogens (tertiary/aromatic N) is 1. The van der Waals surface area contributed by atoms with Crippen molar-refractivity contribution < 1.29 is 4.29 Å². The monoisotopic (exact) mass is 181 g/mol. The quantitative estimate of drug-likeness (QED) is 0.529. The molecule has 0 N–H and O–H groups in total. The third kappa shape index (κ3) is 3.21. The maximum absolute atomic E-state index is 4.95. The molecule has 0 atom stereocenters. The predicted octanol–water partition coefficient (Wildman–Crippen LogP) is 2.78. The summed E-state index contributed by atoms with van der Waals surface area (Å²) >= 11 is 4.95. The highest BCUT2D eigenvalue weighted by molar-refractivity contribution is 6.07. The van der Waals surface area contributed by atoms with E-state index in [1.54, 1.807) is 18.5 Å². The maximum Gasteiger partial charge on any atom is 0.134 e. The van der Waals surface area contributed by atoms with Crippen LogP contribution in [0.3, 0.4) is 0 Å². The van der Waals surface area contributed by atoms with Crippen LogP contribution in [0.1, 0.15) is 5.56 Å². The second kappa shape index (κ2) is 5.38. The first-order valence-corrected chi connectivity index (χ1v) is 3.75. The van der Waals surface area contributed by atoms with Crippen molar-refractivity contribution >= 4 is 17.9 Å². The molecule has 0 amide bonds. The van der Waals surface area contributed by atoms with E-state index in [9.17, 15) is 0 Å². The molecule has 0 aromatic carbocycles. The molecular formula is C9H8ClNO. The summed E-state index contributed by atoms with van der Waals surface area (Å²) in [6, 6.07) is 3.83. The molecule has 0 bridgehead atoms. The van der Waals surface area contributed by atoms with Gasteiger partial charge in [-0.05, 0) is 17.7 Å².